The molecule has 8 aromatic carbocycles. The SMILES string of the molecule is CC1(C)c2cc(-c3ccc(-c4ccc(-c5cc(-c6ccccc6)nc(-c6ccccc6)n5)cc4)cc3)ccc2-c2c(-c3ccccc3)cc3ccccc3c21. The van der Waals surface area contributed by atoms with Crippen molar-refractivity contribution >= 4 is 10.8 Å². The predicted molar refractivity (Wildman–Crippen MR) is 230 cm³/mol. The van der Waals surface area contributed by atoms with Crippen molar-refractivity contribution in [2.75, 3.05) is 0 Å². The molecule has 9 aromatic rings. The molecule has 0 saturated carbocycles. The zero-order valence-electron chi connectivity index (χ0n) is 30.9. The van der Waals surface area contributed by atoms with E-state index in [2.05, 4.69) is 172 Å². The predicted octanol–water partition coefficient (Wildman–Crippen LogP) is 13.9. The minimum Gasteiger partial charge on any atom is -0.228 e. The summed E-state index contributed by atoms with van der Waals surface area (Å²) in [5, 5.41) is 2.62. The van der Waals surface area contributed by atoms with Crippen molar-refractivity contribution in [3.63, 3.8) is 0 Å². The standard InChI is InChI=1S/C53H38N2/c1-53(2)47-33-42(30-31-45(47)50-46(38-14-6-3-7-15-38)32-43-20-12-13-21-44(43)51(50)53)37-24-22-35(23-25-37)36-26-28-40(29-27-36)49-34-48(39-16-8-4-9-17-39)54-52(55-49)41-18-10-5-11-19-41/h3-34H,1-2H3. The molecule has 0 unspecified atom stereocenters. The van der Waals surface area contributed by atoms with Crippen molar-refractivity contribution in [1.29, 1.82) is 0 Å². The molecule has 0 bridgehead atoms. The zero-order chi connectivity index (χ0) is 36.9. The molecule has 1 aromatic heterocycles. The first-order valence-electron chi connectivity index (χ1n) is 19.0. The summed E-state index contributed by atoms with van der Waals surface area (Å²) >= 11 is 0. The third-order valence-electron chi connectivity index (χ3n) is 11.3. The number of fused-ring (bicyclic) bond motifs is 5. The number of rotatable bonds is 6. The van der Waals surface area contributed by atoms with Gasteiger partial charge in [-0.3, -0.25) is 0 Å². The molecule has 0 aliphatic heterocycles. The Hall–Kier alpha value is -6.90. The topological polar surface area (TPSA) is 25.8 Å². The minimum atomic E-state index is -0.153. The number of benzene rings is 8. The van der Waals surface area contributed by atoms with Crippen LogP contribution < -0.4 is 0 Å². The molecular formula is C53H38N2. The van der Waals surface area contributed by atoms with Gasteiger partial charge in [0.2, 0.25) is 0 Å². The van der Waals surface area contributed by atoms with E-state index in [0.717, 1.165) is 33.9 Å². The van der Waals surface area contributed by atoms with Crippen LogP contribution in [0.3, 0.4) is 0 Å². The maximum Gasteiger partial charge on any atom is 0.160 e. The van der Waals surface area contributed by atoms with E-state index >= 15 is 0 Å². The molecule has 10 rings (SSSR count). The van der Waals surface area contributed by atoms with Gasteiger partial charge < -0.3 is 0 Å². The van der Waals surface area contributed by atoms with Crippen LogP contribution in [0.4, 0.5) is 0 Å². The van der Waals surface area contributed by atoms with Crippen molar-refractivity contribution in [3.8, 4) is 78.4 Å². The average molecular weight is 703 g/mol. The Bertz CT molecular complexity index is 2780. The highest BCUT2D eigenvalue weighted by atomic mass is 14.9. The molecule has 0 amide bonds. The summed E-state index contributed by atoms with van der Waals surface area (Å²) in [6.07, 6.45) is 0. The molecule has 0 fully saturated rings. The fourth-order valence-corrected chi connectivity index (χ4v) is 8.47. The molecule has 0 N–H and O–H groups in total. The molecule has 1 heterocycles. The number of nitrogens with zero attached hydrogens (tertiary/aromatic N) is 2. The molecule has 1 aliphatic carbocycles. The molecule has 2 nitrogen and oxygen atoms in total. The second kappa shape index (κ2) is 13.2. The first-order valence-corrected chi connectivity index (χ1v) is 19.0. The highest BCUT2D eigenvalue weighted by Crippen LogP contribution is 2.55. The van der Waals surface area contributed by atoms with Gasteiger partial charge in [-0.1, -0.05) is 190 Å². The van der Waals surface area contributed by atoms with Crippen molar-refractivity contribution < 1.29 is 0 Å². The van der Waals surface area contributed by atoms with E-state index in [0.29, 0.717) is 0 Å². The van der Waals surface area contributed by atoms with Gasteiger partial charge in [0, 0.05) is 22.1 Å². The zero-order valence-corrected chi connectivity index (χ0v) is 30.9. The number of hydrogen-bond acceptors (Lipinski definition) is 2. The lowest BCUT2D eigenvalue weighted by molar-refractivity contribution is 0.666. The molecule has 260 valence electrons. The molecule has 0 spiro atoms. The van der Waals surface area contributed by atoms with E-state index < -0.39 is 0 Å². The molecule has 2 heteroatoms. The van der Waals surface area contributed by atoms with Gasteiger partial charge in [0.25, 0.3) is 0 Å². The van der Waals surface area contributed by atoms with Crippen LogP contribution in [0.5, 0.6) is 0 Å². The summed E-state index contributed by atoms with van der Waals surface area (Å²) in [6.45, 7) is 4.78. The van der Waals surface area contributed by atoms with Crippen LogP contribution in [-0.4, -0.2) is 9.97 Å². The van der Waals surface area contributed by atoms with Gasteiger partial charge in [-0.15, -0.1) is 0 Å². The van der Waals surface area contributed by atoms with Gasteiger partial charge in [0.1, 0.15) is 0 Å². The lowest BCUT2D eigenvalue weighted by Gasteiger charge is -2.24. The lowest BCUT2D eigenvalue weighted by Crippen LogP contribution is -2.15. The van der Waals surface area contributed by atoms with Crippen molar-refractivity contribution in [2.45, 2.75) is 19.3 Å². The first kappa shape index (κ1) is 32.7. The van der Waals surface area contributed by atoms with Crippen LogP contribution in [0.25, 0.3) is 89.2 Å². The van der Waals surface area contributed by atoms with Gasteiger partial charge in [-0.25, -0.2) is 9.97 Å². The van der Waals surface area contributed by atoms with Crippen LogP contribution in [-0.2, 0) is 5.41 Å². The second-order valence-electron chi connectivity index (χ2n) is 15.0. The number of hydrogen-bond donors (Lipinski definition) is 0. The first-order chi connectivity index (χ1) is 27.0. The summed E-state index contributed by atoms with van der Waals surface area (Å²) in [5.74, 6) is 0.723. The molecule has 0 radical (unpaired) electrons. The summed E-state index contributed by atoms with van der Waals surface area (Å²) in [4.78, 5) is 9.97. The van der Waals surface area contributed by atoms with E-state index in [1.807, 2.05) is 36.4 Å². The summed E-state index contributed by atoms with van der Waals surface area (Å²) < 4.78 is 0. The fraction of sp³-hybridized carbons (Fsp3) is 0.0566. The Balaban J connectivity index is 0.974. The smallest absolute Gasteiger partial charge is 0.160 e. The third-order valence-corrected chi connectivity index (χ3v) is 11.3. The average Bonchev–Trinajstić information content (AvgIpc) is 3.50. The maximum atomic E-state index is 5.02. The van der Waals surface area contributed by atoms with Gasteiger partial charge in [0.05, 0.1) is 11.4 Å². The Morgan fingerprint density at radius 3 is 1.45 bits per heavy atom. The normalized spacial score (nSPS) is 12.7. The quantitative estimate of drug-likeness (QED) is 0.172. The van der Waals surface area contributed by atoms with Crippen LogP contribution in [0.15, 0.2) is 194 Å². The fourth-order valence-electron chi connectivity index (χ4n) is 8.47. The van der Waals surface area contributed by atoms with E-state index in [-0.39, 0.29) is 5.41 Å². The molecule has 0 saturated heterocycles. The van der Waals surface area contributed by atoms with Crippen LogP contribution in [0.2, 0.25) is 0 Å². The monoisotopic (exact) mass is 702 g/mol. The van der Waals surface area contributed by atoms with Crippen molar-refractivity contribution in [3.05, 3.63) is 205 Å². The third kappa shape index (κ3) is 5.75. The van der Waals surface area contributed by atoms with E-state index in [4.69, 9.17) is 9.97 Å². The summed E-state index contributed by atoms with van der Waals surface area (Å²) in [5.41, 5.74) is 17.6. The van der Waals surface area contributed by atoms with Gasteiger partial charge >= 0.3 is 0 Å². The van der Waals surface area contributed by atoms with E-state index in [1.54, 1.807) is 0 Å². The lowest BCUT2D eigenvalue weighted by atomic mass is 9.79. The van der Waals surface area contributed by atoms with E-state index in [1.165, 1.54) is 66.4 Å². The van der Waals surface area contributed by atoms with Crippen molar-refractivity contribution in [1.82, 2.24) is 9.97 Å². The Morgan fingerprint density at radius 2 is 0.836 bits per heavy atom. The van der Waals surface area contributed by atoms with Crippen LogP contribution >= 0.6 is 0 Å². The largest absolute Gasteiger partial charge is 0.228 e. The van der Waals surface area contributed by atoms with Crippen LogP contribution in [0.1, 0.15) is 25.0 Å². The molecule has 55 heavy (non-hydrogen) atoms. The second-order valence-corrected chi connectivity index (χ2v) is 15.0. The summed E-state index contributed by atoms with van der Waals surface area (Å²) in [6, 6.07) is 69.5. The maximum absolute atomic E-state index is 5.02. The highest BCUT2D eigenvalue weighted by Gasteiger charge is 2.39. The molecular weight excluding hydrogens is 665 g/mol. The van der Waals surface area contributed by atoms with E-state index in [9.17, 15) is 0 Å². The Labute approximate surface area is 322 Å². The van der Waals surface area contributed by atoms with Gasteiger partial charge in [-0.05, 0) is 84.6 Å². The molecule has 0 atom stereocenters. The summed E-state index contributed by atoms with van der Waals surface area (Å²) in [7, 11) is 0. The highest BCUT2D eigenvalue weighted by molar-refractivity contribution is 6.05. The Kier molecular flexibility index (Phi) is 7.85. The van der Waals surface area contributed by atoms with Gasteiger partial charge in [-0.2, -0.15) is 0 Å². The minimum absolute atomic E-state index is 0.153. The van der Waals surface area contributed by atoms with Gasteiger partial charge in [0.15, 0.2) is 5.82 Å². The van der Waals surface area contributed by atoms with Crippen molar-refractivity contribution in [2.24, 2.45) is 0 Å². The van der Waals surface area contributed by atoms with Crippen LogP contribution in [0, 0.1) is 0 Å². The Morgan fingerprint density at radius 1 is 0.364 bits per heavy atom. The number of aromatic nitrogens is 2. The molecule has 1 aliphatic rings.